The van der Waals surface area contributed by atoms with Crippen LogP contribution in [0.5, 0.6) is 0 Å². The van der Waals surface area contributed by atoms with Gasteiger partial charge in [0.25, 0.3) is 5.56 Å². The van der Waals surface area contributed by atoms with E-state index in [1.54, 1.807) is 22.8 Å². The van der Waals surface area contributed by atoms with E-state index in [2.05, 4.69) is 15.9 Å². The lowest BCUT2D eigenvalue weighted by Gasteiger charge is -2.28. The van der Waals surface area contributed by atoms with Gasteiger partial charge in [-0.1, -0.05) is 40.9 Å². The molecule has 140 valence electrons. The fourth-order valence-electron chi connectivity index (χ4n) is 3.95. The Hall–Kier alpha value is -1.89. The molecule has 0 bridgehead atoms. The first-order chi connectivity index (χ1) is 12.6. The zero-order valence-corrected chi connectivity index (χ0v) is 16.5. The van der Waals surface area contributed by atoms with Gasteiger partial charge in [-0.25, -0.2) is 14.2 Å². The minimum atomic E-state index is -1.19. The first kappa shape index (κ1) is 18.9. The van der Waals surface area contributed by atoms with Crippen LogP contribution < -0.4 is 11.2 Å². The molecule has 0 saturated heterocycles. The molecular weight excluding hydrogens is 400 g/mol. The van der Waals surface area contributed by atoms with Crippen molar-refractivity contribution in [2.24, 2.45) is 0 Å². The molecule has 7 heteroatoms. The summed E-state index contributed by atoms with van der Waals surface area (Å²) in [5, 5.41) is 1.31. The number of methoxy groups -OCH3 is 1. The minimum absolute atomic E-state index is 0.408. The van der Waals surface area contributed by atoms with Gasteiger partial charge in [0.1, 0.15) is 5.54 Å². The van der Waals surface area contributed by atoms with Crippen molar-refractivity contribution in [3.8, 4) is 0 Å². The molecule has 1 fully saturated rings. The summed E-state index contributed by atoms with van der Waals surface area (Å²) >= 11 is 3.40. The number of hydrogen-bond acceptors (Lipinski definition) is 4. The smallest absolute Gasteiger partial charge is 0.332 e. The predicted octanol–water partition coefficient (Wildman–Crippen LogP) is 2.78. The number of aromatic nitrogens is 2. The highest BCUT2D eigenvalue weighted by Gasteiger charge is 2.46. The molecule has 0 amide bonds. The highest BCUT2D eigenvalue weighted by atomic mass is 79.9. The maximum atomic E-state index is 13.3. The summed E-state index contributed by atoms with van der Waals surface area (Å²) in [4.78, 5) is 39.1. The Kier molecular flexibility index (Phi) is 5.65. The number of nitrogens with zero attached hydrogens (tertiary/aromatic N) is 2. The second-order valence-corrected chi connectivity index (χ2v) is 7.51. The third-order valence-corrected chi connectivity index (χ3v) is 5.80. The number of unbranched alkanes of at least 4 members (excludes halogenated alkanes) is 1. The monoisotopic (exact) mass is 422 g/mol. The van der Waals surface area contributed by atoms with E-state index >= 15 is 0 Å². The zero-order valence-electron chi connectivity index (χ0n) is 14.9. The molecule has 1 aromatic carbocycles. The van der Waals surface area contributed by atoms with E-state index in [0.717, 1.165) is 31.0 Å². The van der Waals surface area contributed by atoms with Crippen LogP contribution in [0.2, 0.25) is 0 Å². The molecule has 2 aromatic rings. The van der Waals surface area contributed by atoms with Crippen LogP contribution in [-0.2, 0) is 21.6 Å². The van der Waals surface area contributed by atoms with Crippen LogP contribution in [0.1, 0.15) is 38.5 Å². The molecule has 0 aliphatic heterocycles. The van der Waals surface area contributed by atoms with Crippen molar-refractivity contribution in [2.45, 2.75) is 50.6 Å². The highest BCUT2D eigenvalue weighted by Crippen LogP contribution is 2.36. The predicted molar refractivity (Wildman–Crippen MR) is 104 cm³/mol. The number of aryl methyl sites for hydroxylation is 1. The van der Waals surface area contributed by atoms with E-state index in [-0.39, 0.29) is 0 Å². The van der Waals surface area contributed by atoms with Crippen molar-refractivity contribution in [3.63, 3.8) is 0 Å². The number of esters is 1. The van der Waals surface area contributed by atoms with Crippen LogP contribution in [0.4, 0.5) is 0 Å². The minimum Gasteiger partial charge on any atom is -0.467 e. The van der Waals surface area contributed by atoms with E-state index in [4.69, 9.17) is 4.74 Å². The summed E-state index contributed by atoms with van der Waals surface area (Å²) in [6, 6.07) is 7.10. The Bertz CT molecular complexity index is 925. The van der Waals surface area contributed by atoms with Crippen LogP contribution in [0, 0.1) is 0 Å². The molecule has 26 heavy (non-hydrogen) atoms. The van der Waals surface area contributed by atoms with Gasteiger partial charge in [-0.15, -0.1) is 0 Å². The van der Waals surface area contributed by atoms with Crippen molar-refractivity contribution < 1.29 is 9.53 Å². The standard InChI is InChI=1S/C19H23BrN2O4/c1-26-17(24)19(10-4-5-11-19)22-16(23)14-8-2-3-9-15(14)21(18(22)25)13-7-6-12-20/h2-3,8-9H,4-7,10-13H2,1H3. The molecule has 1 heterocycles. The Labute approximate surface area is 159 Å². The molecule has 0 spiro atoms. The first-order valence-corrected chi connectivity index (χ1v) is 10.1. The van der Waals surface area contributed by atoms with Gasteiger partial charge in [-0.3, -0.25) is 9.36 Å². The highest BCUT2D eigenvalue weighted by molar-refractivity contribution is 9.09. The normalized spacial score (nSPS) is 16.1. The maximum absolute atomic E-state index is 13.3. The molecule has 6 nitrogen and oxygen atoms in total. The number of carbonyl (C=O) groups is 1. The molecule has 0 atom stereocenters. The Morgan fingerprint density at radius 1 is 1.19 bits per heavy atom. The van der Waals surface area contributed by atoms with Crippen molar-refractivity contribution in [1.82, 2.24) is 9.13 Å². The van der Waals surface area contributed by atoms with Crippen LogP contribution in [0.3, 0.4) is 0 Å². The largest absolute Gasteiger partial charge is 0.467 e. The Morgan fingerprint density at radius 3 is 2.54 bits per heavy atom. The van der Waals surface area contributed by atoms with Crippen LogP contribution >= 0.6 is 15.9 Å². The van der Waals surface area contributed by atoms with Gasteiger partial charge in [0.15, 0.2) is 0 Å². The average molecular weight is 423 g/mol. The number of hydrogen-bond donors (Lipinski definition) is 0. The lowest BCUT2D eigenvalue weighted by Crippen LogP contribution is -2.54. The first-order valence-electron chi connectivity index (χ1n) is 8.96. The van der Waals surface area contributed by atoms with Crippen LogP contribution in [0.25, 0.3) is 10.9 Å². The van der Waals surface area contributed by atoms with Gasteiger partial charge < -0.3 is 4.74 Å². The van der Waals surface area contributed by atoms with Gasteiger partial charge in [-0.2, -0.15) is 0 Å². The maximum Gasteiger partial charge on any atom is 0.332 e. The number of rotatable bonds is 6. The Balaban J connectivity index is 2.30. The van der Waals surface area contributed by atoms with Gasteiger partial charge >= 0.3 is 11.7 Å². The topological polar surface area (TPSA) is 70.3 Å². The van der Waals surface area contributed by atoms with Gasteiger partial charge in [0.2, 0.25) is 0 Å². The van der Waals surface area contributed by atoms with E-state index in [1.165, 1.54) is 11.7 Å². The molecular formula is C19H23BrN2O4. The van der Waals surface area contributed by atoms with Gasteiger partial charge in [0, 0.05) is 11.9 Å². The Morgan fingerprint density at radius 2 is 1.88 bits per heavy atom. The van der Waals surface area contributed by atoms with Crippen molar-refractivity contribution in [1.29, 1.82) is 0 Å². The van der Waals surface area contributed by atoms with E-state index < -0.39 is 22.8 Å². The van der Waals surface area contributed by atoms with Crippen LogP contribution in [0.15, 0.2) is 33.9 Å². The quantitative estimate of drug-likeness (QED) is 0.407. The number of carbonyl (C=O) groups excluding carboxylic acids is 1. The third-order valence-electron chi connectivity index (χ3n) is 5.24. The summed E-state index contributed by atoms with van der Waals surface area (Å²) in [6.07, 6.45) is 4.21. The fourth-order valence-corrected chi connectivity index (χ4v) is 4.34. The molecule has 0 unspecified atom stereocenters. The second-order valence-electron chi connectivity index (χ2n) is 6.72. The summed E-state index contributed by atoms with van der Waals surface area (Å²) in [5.74, 6) is -0.503. The zero-order chi connectivity index (χ0) is 18.7. The molecule has 1 aliphatic carbocycles. The number of fused-ring (bicyclic) bond motifs is 1. The fraction of sp³-hybridized carbons (Fsp3) is 0.526. The number of ether oxygens (including phenoxy) is 1. The number of benzene rings is 1. The number of halogens is 1. The molecule has 0 radical (unpaired) electrons. The lowest BCUT2D eigenvalue weighted by molar-refractivity contribution is -0.151. The van der Waals surface area contributed by atoms with Crippen molar-refractivity contribution in [3.05, 3.63) is 45.1 Å². The van der Waals surface area contributed by atoms with E-state index in [9.17, 15) is 14.4 Å². The summed E-state index contributed by atoms with van der Waals surface area (Å²) in [5.41, 5.74) is -1.40. The molecule has 1 aromatic heterocycles. The summed E-state index contributed by atoms with van der Waals surface area (Å²) in [6.45, 7) is 0.502. The molecule has 1 saturated carbocycles. The summed E-state index contributed by atoms with van der Waals surface area (Å²) < 4.78 is 7.80. The molecule has 0 N–H and O–H groups in total. The van der Waals surface area contributed by atoms with E-state index in [1.807, 2.05) is 6.07 Å². The van der Waals surface area contributed by atoms with Crippen LogP contribution in [-0.4, -0.2) is 27.5 Å². The lowest BCUT2D eigenvalue weighted by atomic mass is 9.97. The van der Waals surface area contributed by atoms with Gasteiger partial charge in [0.05, 0.1) is 18.0 Å². The molecule has 3 rings (SSSR count). The van der Waals surface area contributed by atoms with E-state index in [0.29, 0.717) is 30.3 Å². The second kappa shape index (κ2) is 7.78. The van der Waals surface area contributed by atoms with Gasteiger partial charge in [-0.05, 0) is 37.8 Å². The SMILES string of the molecule is COC(=O)C1(n2c(=O)c3ccccc3n(CCCCBr)c2=O)CCCC1. The number of alkyl halides is 1. The summed E-state index contributed by atoms with van der Waals surface area (Å²) in [7, 11) is 1.31. The average Bonchev–Trinajstić information content (AvgIpc) is 3.14. The van der Waals surface area contributed by atoms with Crippen molar-refractivity contribution >= 4 is 32.8 Å². The molecule has 1 aliphatic rings. The third kappa shape index (κ3) is 3.02. The van der Waals surface area contributed by atoms with Crippen molar-refractivity contribution in [2.75, 3.05) is 12.4 Å². The number of para-hydroxylation sites is 1.